The topological polar surface area (TPSA) is 109 Å². The Labute approximate surface area is 109 Å². The zero-order chi connectivity index (χ0) is 15.0. The Morgan fingerprint density at radius 3 is 2.60 bits per heavy atom. The Balaban J connectivity index is 2.79. The monoisotopic (exact) mass is 283 g/mol. The zero-order valence-corrected chi connectivity index (χ0v) is 9.98. The van der Waals surface area contributed by atoms with Crippen molar-refractivity contribution in [2.24, 2.45) is 0 Å². The summed E-state index contributed by atoms with van der Waals surface area (Å²) in [4.78, 5) is 26.5. The third-order valence-corrected chi connectivity index (χ3v) is 2.63. The number of aromatic nitrogens is 2. The van der Waals surface area contributed by atoms with E-state index < -0.39 is 45.1 Å². The second-order valence-electron chi connectivity index (χ2n) is 3.88. The van der Waals surface area contributed by atoms with E-state index in [-0.39, 0.29) is 5.56 Å². The molecular weight excluding hydrogens is 276 g/mol. The molecule has 0 bridgehead atoms. The summed E-state index contributed by atoms with van der Waals surface area (Å²) in [7, 11) is 0. The van der Waals surface area contributed by atoms with Crippen LogP contribution in [-0.2, 0) is 0 Å². The number of H-pyrrole nitrogens is 1. The van der Waals surface area contributed by atoms with Gasteiger partial charge in [-0.15, -0.1) is 0 Å². The lowest BCUT2D eigenvalue weighted by Gasteiger charge is -2.06. The summed E-state index contributed by atoms with van der Waals surface area (Å²) in [5.41, 5.74) is -2.80. The lowest BCUT2D eigenvalue weighted by atomic mass is 10.1. The standard InChI is InChI=1S/C11H7F2N3O4/c1-4-10(17)14-9(15-11(4)18)7-5(12)2-3-6(8(7)13)16(19)20/h2-3H,1H3,(H2,14,15,17,18). The van der Waals surface area contributed by atoms with Crippen molar-refractivity contribution in [1.82, 2.24) is 9.97 Å². The number of rotatable bonds is 2. The molecule has 0 amide bonds. The molecule has 0 radical (unpaired) electrons. The molecule has 0 unspecified atom stereocenters. The molecule has 0 aliphatic carbocycles. The Morgan fingerprint density at radius 2 is 2.05 bits per heavy atom. The van der Waals surface area contributed by atoms with Gasteiger partial charge in [0.15, 0.2) is 0 Å². The van der Waals surface area contributed by atoms with E-state index in [1.807, 2.05) is 0 Å². The van der Waals surface area contributed by atoms with Crippen molar-refractivity contribution in [2.75, 3.05) is 0 Å². The highest BCUT2D eigenvalue weighted by Gasteiger charge is 2.24. The molecule has 0 fully saturated rings. The van der Waals surface area contributed by atoms with E-state index in [1.165, 1.54) is 6.92 Å². The summed E-state index contributed by atoms with van der Waals surface area (Å²) < 4.78 is 27.5. The van der Waals surface area contributed by atoms with Crippen molar-refractivity contribution in [3.8, 4) is 17.3 Å². The maximum Gasteiger partial charge on any atom is 0.305 e. The summed E-state index contributed by atoms with van der Waals surface area (Å²) >= 11 is 0. The predicted octanol–water partition coefficient (Wildman–Crippen LogP) is 1.64. The molecule has 9 heteroatoms. The highest BCUT2D eigenvalue weighted by Crippen LogP contribution is 2.29. The van der Waals surface area contributed by atoms with Crippen LogP contribution in [0, 0.1) is 28.7 Å². The minimum absolute atomic E-state index is 0.139. The van der Waals surface area contributed by atoms with E-state index in [1.54, 1.807) is 0 Å². The molecule has 0 saturated heterocycles. The van der Waals surface area contributed by atoms with Gasteiger partial charge in [-0.1, -0.05) is 0 Å². The molecule has 2 aromatic rings. The lowest BCUT2D eigenvalue weighted by molar-refractivity contribution is -0.387. The van der Waals surface area contributed by atoms with Gasteiger partial charge < -0.3 is 10.1 Å². The Hall–Kier alpha value is -2.84. The van der Waals surface area contributed by atoms with E-state index in [2.05, 4.69) is 9.97 Å². The minimum Gasteiger partial charge on any atom is -0.493 e. The number of nitro benzene ring substituents is 1. The van der Waals surface area contributed by atoms with Gasteiger partial charge in [0.1, 0.15) is 11.6 Å². The molecule has 1 aromatic carbocycles. The highest BCUT2D eigenvalue weighted by atomic mass is 19.1. The van der Waals surface area contributed by atoms with Gasteiger partial charge in [0.2, 0.25) is 11.7 Å². The van der Waals surface area contributed by atoms with Crippen LogP contribution in [-0.4, -0.2) is 20.0 Å². The lowest BCUT2D eigenvalue weighted by Crippen LogP contribution is -2.13. The van der Waals surface area contributed by atoms with Gasteiger partial charge in [0.25, 0.3) is 5.56 Å². The molecule has 0 spiro atoms. The van der Waals surface area contributed by atoms with Crippen molar-refractivity contribution in [3.63, 3.8) is 0 Å². The number of hydrogen-bond acceptors (Lipinski definition) is 5. The molecule has 2 rings (SSSR count). The predicted molar refractivity (Wildman–Crippen MR) is 63.3 cm³/mol. The Morgan fingerprint density at radius 1 is 1.40 bits per heavy atom. The molecule has 0 aliphatic heterocycles. The third kappa shape index (κ3) is 2.09. The van der Waals surface area contributed by atoms with Crippen LogP contribution < -0.4 is 5.56 Å². The number of nitrogens with one attached hydrogen (secondary N) is 1. The van der Waals surface area contributed by atoms with Crippen molar-refractivity contribution in [1.29, 1.82) is 0 Å². The second-order valence-corrected chi connectivity index (χ2v) is 3.88. The third-order valence-electron chi connectivity index (χ3n) is 2.63. The van der Waals surface area contributed by atoms with Crippen LogP contribution in [0.25, 0.3) is 11.4 Å². The van der Waals surface area contributed by atoms with Gasteiger partial charge in [0.05, 0.1) is 16.1 Å². The van der Waals surface area contributed by atoms with Crippen molar-refractivity contribution in [2.45, 2.75) is 6.92 Å². The molecule has 20 heavy (non-hydrogen) atoms. The number of aromatic amines is 1. The molecule has 0 aliphatic rings. The quantitative estimate of drug-likeness (QED) is 0.643. The van der Waals surface area contributed by atoms with Crippen LogP contribution in [0.1, 0.15) is 5.56 Å². The first-order valence-corrected chi connectivity index (χ1v) is 5.25. The molecule has 2 N–H and O–H groups in total. The van der Waals surface area contributed by atoms with Gasteiger partial charge in [-0.05, 0) is 13.0 Å². The fourth-order valence-corrected chi connectivity index (χ4v) is 1.54. The molecule has 0 atom stereocenters. The van der Waals surface area contributed by atoms with Gasteiger partial charge in [-0.3, -0.25) is 14.9 Å². The normalized spacial score (nSPS) is 10.6. The van der Waals surface area contributed by atoms with Gasteiger partial charge in [-0.25, -0.2) is 4.39 Å². The van der Waals surface area contributed by atoms with Gasteiger partial charge in [0, 0.05) is 6.07 Å². The summed E-state index contributed by atoms with van der Waals surface area (Å²) in [5.74, 6) is -3.98. The number of nitro groups is 1. The average molecular weight is 283 g/mol. The first kappa shape index (κ1) is 13.6. The van der Waals surface area contributed by atoms with E-state index in [9.17, 15) is 28.8 Å². The fraction of sp³-hybridized carbons (Fsp3) is 0.0909. The highest BCUT2D eigenvalue weighted by molar-refractivity contribution is 5.62. The van der Waals surface area contributed by atoms with Crippen LogP contribution >= 0.6 is 0 Å². The first-order chi connectivity index (χ1) is 9.32. The van der Waals surface area contributed by atoms with Crippen LogP contribution in [0.3, 0.4) is 0 Å². The van der Waals surface area contributed by atoms with Crippen LogP contribution in [0.15, 0.2) is 16.9 Å². The zero-order valence-electron chi connectivity index (χ0n) is 9.98. The number of hydrogen-bond donors (Lipinski definition) is 2. The van der Waals surface area contributed by atoms with Gasteiger partial charge >= 0.3 is 5.69 Å². The van der Waals surface area contributed by atoms with E-state index >= 15 is 0 Å². The molecule has 0 saturated carbocycles. The number of halogens is 2. The number of benzene rings is 1. The van der Waals surface area contributed by atoms with Crippen LogP contribution in [0.2, 0.25) is 0 Å². The van der Waals surface area contributed by atoms with E-state index in [0.717, 1.165) is 0 Å². The minimum atomic E-state index is -1.48. The van der Waals surface area contributed by atoms with Crippen LogP contribution in [0.5, 0.6) is 5.88 Å². The van der Waals surface area contributed by atoms with E-state index in [4.69, 9.17) is 0 Å². The molecule has 7 nitrogen and oxygen atoms in total. The maximum absolute atomic E-state index is 13.9. The van der Waals surface area contributed by atoms with Gasteiger partial charge in [-0.2, -0.15) is 9.37 Å². The fourth-order valence-electron chi connectivity index (χ4n) is 1.54. The second kappa shape index (κ2) is 4.68. The average Bonchev–Trinajstić information content (AvgIpc) is 2.35. The smallest absolute Gasteiger partial charge is 0.305 e. The van der Waals surface area contributed by atoms with Crippen molar-refractivity contribution >= 4 is 5.69 Å². The summed E-state index contributed by atoms with van der Waals surface area (Å²) in [6.07, 6.45) is 0. The molecule has 1 heterocycles. The van der Waals surface area contributed by atoms with E-state index in [0.29, 0.717) is 12.1 Å². The summed E-state index contributed by atoms with van der Waals surface area (Å²) in [5, 5.41) is 20.0. The van der Waals surface area contributed by atoms with Crippen LogP contribution in [0.4, 0.5) is 14.5 Å². The molecule has 1 aromatic heterocycles. The first-order valence-electron chi connectivity index (χ1n) is 5.25. The van der Waals surface area contributed by atoms with Crippen molar-refractivity contribution in [3.05, 3.63) is 49.8 Å². The largest absolute Gasteiger partial charge is 0.493 e. The Kier molecular flexibility index (Phi) is 3.18. The number of nitrogens with zero attached hydrogens (tertiary/aromatic N) is 2. The van der Waals surface area contributed by atoms with Crippen molar-refractivity contribution < 1.29 is 18.8 Å². The molecular formula is C11H7F2N3O4. The summed E-state index contributed by atoms with van der Waals surface area (Å²) in [6, 6.07) is 1.33. The Bertz CT molecular complexity index is 773. The molecule has 104 valence electrons. The number of aromatic hydroxyl groups is 1. The summed E-state index contributed by atoms with van der Waals surface area (Å²) in [6.45, 7) is 1.26. The SMILES string of the molecule is Cc1c(O)nc(-c2c(F)ccc([N+](=O)[O-])c2F)[nH]c1=O. The maximum atomic E-state index is 13.9.